The quantitative estimate of drug-likeness (QED) is 0.518. The summed E-state index contributed by atoms with van der Waals surface area (Å²) in [5.41, 5.74) is 1.36. The minimum absolute atomic E-state index is 0.0302. The molecule has 0 saturated heterocycles. The molecule has 1 aliphatic rings. The Morgan fingerprint density at radius 1 is 1.03 bits per heavy atom. The lowest BCUT2D eigenvalue weighted by Gasteiger charge is -2.10. The van der Waals surface area contributed by atoms with Gasteiger partial charge in [0, 0.05) is 29.4 Å². The Morgan fingerprint density at radius 3 is 2.80 bits per heavy atom. The number of nitrogens with one attached hydrogen (secondary N) is 2. The van der Waals surface area contributed by atoms with Crippen LogP contribution in [0.1, 0.15) is 35.6 Å². The van der Waals surface area contributed by atoms with Crippen LogP contribution in [0.3, 0.4) is 0 Å². The molecule has 0 saturated carbocycles. The van der Waals surface area contributed by atoms with Gasteiger partial charge in [0.2, 0.25) is 0 Å². The van der Waals surface area contributed by atoms with Crippen molar-refractivity contribution < 1.29 is 13.6 Å². The summed E-state index contributed by atoms with van der Waals surface area (Å²) in [4.78, 5) is 15.5. The maximum atomic E-state index is 14.4. The first kappa shape index (κ1) is 18.5. The van der Waals surface area contributed by atoms with Gasteiger partial charge in [-0.05, 0) is 49.2 Å². The molecular formula is C22H19F2N5O. The molecular weight excluding hydrogens is 388 g/mol. The van der Waals surface area contributed by atoms with Crippen LogP contribution in [-0.4, -0.2) is 25.7 Å². The molecule has 4 aromatic rings. The van der Waals surface area contributed by atoms with E-state index in [-0.39, 0.29) is 11.4 Å². The van der Waals surface area contributed by atoms with Crippen molar-refractivity contribution in [3.05, 3.63) is 65.6 Å². The molecule has 2 aromatic carbocycles. The first-order valence-corrected chi connectivity index (χ1v) is 9.91. The van der Waals surface area contributed by atoms with E-state index >= 15 is 0 Å². The monoisotopic (exact) mass is 407 g/mol. The molecule has 5 rings (SSSR count). The Bertz CT molecular complexity index is 1260. The number of amides is 1. The number of carbonyl (C=O) groups is 1. The number of aromatic amines is 1. The van der Waals surface area contributed by atoms with Gasteiger partial charge < -0.3 is 14.9 Å². The van der Waals surface area contributed by atoms with E-state index in [1.807, 2.05) is 0 Å². The molecule has 1 aliphatic heterocycles. The van der Waals surface area contributed by atoms with Gasteiger partial charge in [0.05, 0.1) is 5.69 Å². The van der Waals surface area contributed by atoms with Gasteiger partial charge >= 0.3 is 0 Å². The van der Waals surface area contributed by atoms with Gasteiger partial charge in [0.15, 0.2) is 5.82 Å². The predicted octanol–water partition coefficient (Wildman–Crippen LogP) is 4.68. The van der Waals surface area contributed by atoms with Gasteiger partial charge in [0.25, 0.3) is 5.91 Å². The lowest BCUT2D eigenvalue weighted by atomic mass is 10.1. The number of benzene rings is 2. The molecule has 30 heavy (non-hydrogen) atoms. The SMILES string of the molecule is O=C(Nc1cc(-c2nnc3n2CCCCC3)ccc1F)c1cc2c(F)cccc2[nH]1. The molecule has 0 aliphatic carbocycles. The minimum Gasteiger partial charge on any atom is -0.350 e. The smallest absolute Gasteiger partial charge is 0.272 e. The maximum Gasteiger partial charge on any atom is 0.272 e. The fourth-order valence-electron chi connectivity index (χ4n) is 3.89. The number of carbonyl (C=O) groups excluding carboxylic acids is 1. The van der Waals surface area contributed by atoms with Crippen LogP contribution in [0.15, 0.2) is 42.5 Å². The minimum atomic E-state index is -0.565. The number of halogens is 2. The molecule has 0 unspecified atom stereocenters. The summed E-state index contributed by atoms with van der Waals surface area (Å²) in [6, 6.07) is 10.5. The van der Waals surface area contributed by atoms with E-state index in [1.165, 1.54) is 18.2 Å². The molecule has 0 atom stereocenters. The van der Waals surface area contributed by atoms with Crippen LogP contribution in [0.2, 0.25) is 0 Å². The molecule has 8 heteroatoms. The third-order valence-corrected chi connectivity index (χ3v) is 5.44. The Morgan fingerprint density at radius 2 is 1.93 bits per heavy atom. The molecule has 152 valence electrons. The van der Waals surface area contributed by atoms with Crippen molar-refractivity contribution in [1.29, 1.82) is 0 Å². The average Bonchev–Trinajstić information content (AvgIpc) is 3.28. The van der Waals surface area contributed by atoms with Crippen LogP contribution in [-0.2, 0) is 13.0 Å². The van der Waals surface area contributed by atoms with E-state index in [1.54, 1.807) is 24.3 Å². The number of aryl methyl sites for hydroxylation is 1. The van der Waals surface area contributed by atoms with Gasteiger partial charge in [-0.25, -0.2) is 8.78 Å². The average molecular weight is 407 g/mol. The van der Waals surface area contributed by atoms with E-state index in [9.17, 15) is 13.6 Å². The molecule has 1 amide bonds. The molecule has 2 N–H and O–H groups in total. The number of H-pyrrole nitrogens is 1. The van der Waals surface area contributed by atoms with Gasteiger partial charge in [-0.15, -0.1) is 10.2 Å². The fraction of sp³-hybridized carbons (Fsp3) is 0.227. The van der Waals surface area contributed by atoms with Crippen LogP contribution in [0, 0.1) is 11.6 Å². The van der Waals surface area contributed by atoms with E-state index < -0.39 is 17.5 Å². The summed E-state index contributed by atoms with van der Waals surface area (Å²) in [7, 11) is 0. The maximum absolute atomic E-state index is 14.4. The van der Waals surface area contributed by atoms with Gasteiger partial charge in [-0.3, -0.25) is 4.79 Å². The number of anilines is 1. The number of rotatable bonds is 3. The molecule has 6 nitrogen and oxygen atoms in total. The summed E-state index contributed by atoms with van der Waals surface area (Å²) in [6.45, 7) is 0.817. The van der Waals surface area contributed by atoms with E-state index in [0.29, 0.717) is 22.3 Å². The number of fused-ring (bicyclic) bond motifs is 2. The number of hydrogen-bond donors (Lipinski definition) is 2. The first-order chi connectivity index (χ1) is 14.6. The van der Waals surface area contributed by atoms with E-state index in [2.05, 4.69) is 25.1 Å². The van der Waals surface area contributed by atoms with Crippen molar-refractivity contribution in [2.45, 2.75) is 32.2 Å². The van der Waals surface area contributed by atoms with Crippen molar-refractivity contribution in [3.63, 3.8) is 0 Å². The number of hydrogen-bond acceptors (Lipinski definition) is 3. The predicted molar refractivity (Wildman–Crippen MR) is 109 cm³/mol. The highest BCUT2D eigenvalue weighted by atomic mass is 19.1. The standard InChI is InChI=1S/C22H19F2N5O/c23-15-5-4-6-17-14(15)12-19(25-17)22(30)26-18-11-13(8-9-16(18)24)21-28-27-20-7-2-1-3-10-29(20)21/h4-6,8-9,11-12,25H,1-3,7,10H2,(H,26,30). The third kappa shape index (κ3) is 3.24. The van der Waals surface area contributed by atoms with Crippen LogP contribution >= 0.6 is 0 Å². The lowest BCUT2D eigenvalue weighted by Crippen LogP contribution is -2.13. The van der Waals surface area contributed by atoms with Gasteiger partial charge in [-0.1, -0.05) is 12.5 Å². The van der Waals surface area contributed by atoms with Crippen molar-refractivity contribution in [2.75, 3.05) is 5.32 Å². The highest BCUT2D eigenvalue weighted by Crippen LogP contribution is 2.27. The highest BCUT2D eigenvalue weighted by Gasteiger charge is 2.19. The Balaban J connectivity index is 1.46. The normalized spacial score (nSPS) is 13.8. The van der Waals surface area contributed by atoms with Crippen molar-refractivity contribution in [1.82, 2.24) is 19.7 Å². The van der Waals surface area contributed by atoms with Crippen molar-refractivity contribution in [3.8, 4) is 11.4 Å². The van der Waals surface area contributed by atoms with Gasteiger partial charge in [-0.2, -0.15) is 0 Å². The summed E-state index contributed by atoms with van der Waals surface area (Å²) in [5.74, 6) is 0.0443. The summed E-state index contributed by atoms with van der Waals surface area (Å²) < 4.78 is 30.4. The lowest BCUT2D eigenvalue weighted by molar-refractivity contribution is 0.102. The molecule has 0 radical (unpaired) electrons. The number of aromatic nitrogens is 4. The second-order valence-corrected chi connectivity index (χ2v) is 7.43. The zero-order valence-electron chi connectivity index (χ0n) is 16.1. The third-order valence-electron chi connectivity index (χ3n) is 5.44. The van der Waals surface area contributed by atoms with E-state index in [4.69, 9.17) is 0 Å². The molecule has 2 aromatic heterocycles. The summed E-state index contributed by atoms with van der Waals surface area (Å²) >= 11 is 0. The first-order valence-electron chi connectivity index (χ1n) is 9.91. The zero-order chi connectivity index (χ0) is 20.7. The summed E-state index contributed by atoms with van der Waals surface area (Å²) in [5, 5.41) is 11.4. The Kier molecular flexibility index (Phi) is 4.54. The molecule has 0 spiro atoms. The summed E-state index contributed by atoms with van der Waals surface area (Å²) in [6.07, 6.45) is 4.13. The van der Waals surface area contributed by atoms with Crippen molar-refractivity contribution in [2.24, 2.45) is 0 Å². The topological polar surface area (TPSA) is 75.6 Å². The van der Waals surface area contributed by atoms with Crippen molar-refractivity contribution >= 4 is 22.5 Å². The van der Waals surface area contributed by atoms with E-state index in [0.717, 1.165) is 38.1 Å². The molecule has 3 heterocycles. The Hall–Kier alpha value is -3.55. The second kappa shape index (κ2) is 7.37. The fourth-order valence-corrected chi connectivity index (χ4v) is 3.89. The zero-order valence-corrected chi connectivity index (χ0v) is 16.1. The van der Waals surface area contributed by atoms with Crippen LogP contribution < -0.4 is 5.32 Å². The van der Waals surface area contributed by atoms with Crippen LogP contribution in [0.25, 0.3) is 22.3 Å². The molecule has 0 bridgehead atoms. The van der Waals surface area contributed by atoms with Crippen LogP contribution in [0.5, 0.6) is 0 Å². The highest BCUT2D eigenvalue weighted by molar-refractivity contribution is 6.06. The second-order valence-electron chi connectivity index (χ2n) is 7.43. The van der Waals surface area contributed by atoms with Crippen LogP contribution in [0.4, 0.5) is 14.5 Å². The van der Waals surface area contributed by atoms with Gasteiger partial charge in [0.1, 0.15) is 23.2 Å². The molecule has 0 fully saturated rings. The largest absolute Gasteiger partial charge is 0.350 e. The number of nitrogens with zero attached hydrogens (tertiary/aromatic N) is 3. The Labute approximate surface area is 170 Å².